The number of carbonyl (C=O) groups excluding carboxylic acids is 6. The third kappa shape index (κ3) is 15.4. The zero-order valence-electron chi connectivity index (χ0n) is 46.0. The van der Waals surface area contributed by atoms with Gasteiger partial charge in [0.05, 0.1) is 46.9 Å². The summed E-state index contributed by atoms with van der Waals surface area (Å²) in [5.41, 5.74) is 7.62. The van der Waals surface area contributed by atoms with Crippen molar-refractivity contribution in [2.75, 3.05) is 56.7 Å². The molecule has 4 heterocycles. The second-order valence-electron chi connectivity index (χ2n) is 21.4. The van der Waals surface area contributed by atoms with E-state index in [1.807, 2.05) is 18.2 Å². The SMILES string of the molecule is CC(NC(=O)C(CC(=O)[C@H](O)[C@H](O)[C@@H](O[C@@H]1O[C@H](CO)[C@H](O)[C@H](O)[C@H]1O)[C@H](O)CO)C(C)C)C(=O)CC(CC(N)=O)C(=O)Cc1ccc(COC(=O)Nc2c(-c3nc4ccc(N5CCN(C)CC5)cc4[nH]3)c(=O)[nH]c3cccc(F)c23)cc1. The van der Waals surface area contributed by atoms with Gasteiger partial charge in [0.15, 0.2) is 17.9 Å². The normalized spacial score (nSPS) is 21.2. The molecule has 3 unspecified atom stereocenters. The van der Waals surface area contributed by atoms with E-state index in [1.165, 1.54) is 25.1 Å². The molecule has 3 amide bonds. The molecule has 3 aromatic carbocycles. The summed E-state index contributed by atoms with van der Waals surface area (Å²) in [6.07, 6.45) is -21.2. The lowest BCUT2D eigenvalue weighted by Gasteiger charge is -2.42. The number of aliphatic hydroxyl groups excluding tert-OH is 8. The van der Waals surface area contributed by atoms with Crippen molar-refractivity contribution in [2.24, 2.45) is 23.5 Å². The Morgan fingerprint density at radius 2 is 1.53 bits per heavy atom. The van der Waals surface area contributed by atoms with Gasteiger partial charge in [-0.15, -0.1) is 0 Å². The van der Waals surface area contributed by atoms with E-state index < -0.39 is 158 Å². The fraction of sp³-hybridized carbons (Fsp3) is 0.500. The van der Waals surface area contributed by atoms with Crippen LogP contribution in [0.3, 0.4) is 0 Å². The molecule has 2 aromatic heterocycles. The number of hydrogen-bond donors (Lipinski definition) is 13. The molecule has 83 heavy (non-hydrogen) atoms. The molecule has 0 aliphatic carbocycles. The highest BCUT2D eigenvalue weighted by Crippen LogP contribution is 2.34. The third-order valence-corrected chi connectivity index (χ3v) is 15.0. The lowest BCUT2D eigenvalue weighted by atomic mass is 9.86. The molecule has 450 valence electrons. The summed E-state index contributed by atoms with van der Waals surface area (Å²) >= 11 is 0. The van der Waals surface area contributed by atoms with Crippen LogP contribution in [0.25, 0.3) is 33.3 Å². The minimum Gasteiger partial charge on any atom is -0.444 e. The largest absolute Gasteiger partial charge is 0.444 e. The molecule has 7 rings (SSSR count). The first-order valence-electron chi connectivity index (χ1n) is 27.0. The number of ether oxygens (including phenoxy) is 3. The van der Waals surface area contributed by atoms with Crippen LogP contribution in [-0.4, -0.2) is 204 Å². The van der Waals surface area contributed by atoms with E-state index in [1.54, 1.807) is 38.1 Å². The molecule has 26 nitrogen and oxygen atoms in total. The smallest absolute Gasteiger partial charge is 0.412 e. The van der Waals surface area contributed by atoms with Crippen molar-refractivity contribution in [2.45, 2.75) is 114 Å². The molecule has 14 N–H and O–H groups in total. The number of nitrogens with zero attached hydrogens (tertiary/aromatic N) is 3. The summed E-state index contributed by atoms with van der Waals surface area (Å²) in [5, 5.41) is 87.2. The van der Waals surface area contributed by atoms with Crippen molar-refractivity contribution in [1.82, 2.24) is 25.2 Å². The van der Waals surface area contributed by atoms with Crippen LogP contribution in [-0.2, 0) is 51.2 Å². The lowest BCUT2D eigenvalue weighted by molar-refractivity contribution is -0.326. The number of nitrogens with two attached hydrogens (primary N) is 1. The van der Waals surface area contributed by atoms with Gasteiger partial charge >= 0.3 is 6.09 Å². The number of halogens is 1. The Bertz CT molecular complexity index is 3190. The van der Waals surface area contributed by atoms with Gasteiger partial charge in [0, 0.05) is 69.4 Å². The molecule has 2 aliphatic heterocycles. The first kappa shape index (κ1) is 63.4. The van der Waals surface area contributed by atoms with Gasteiger partial charge in [-0.2, -0.15) is 0 Å². The zero-order chi connectivity index (χ0) is 60.6. The average molecular weight is 1160 g/mol. The molecule has 0 spiro atoms. The maximum Gasteiger partial charge on any atom is 0.412 e. The predicted molar refractivity (Wildman–Crippen MR) is 295 cm³/mol. The van der Waals surface area contributed by atoms with E-state index in [9.17, 15) is 74.4 Å². The summed E-state index contributed by atoms with van der Waals surface area (Å²) in [7, 11) is 2.06. The van der Waals surface area contributed by atoms with Crippen molar-refractivity contribution in [3.8, 4) is 11.4 Å². The van der Waals surface area contributed by atoms with Crippen molar-refractivity contribution in [1.29, 1.82) is 0 Å². The summed E-state index contributed by atoms with van der Waals surface area (Å²) in [5.74, 6) is -7.90. The number of aromatic amines is 2. The van der Waals surface area contributed by atoms with Crippen LogP contribution in [0.5, 0.6) is 0 Å². The Morgan fingerprint density at radius 1 is 0.843 bits per heavy atom. The van der Waals surface area contributed by atoms with Crippen LogP contribution in [0.1, 0.15) is 51.2 Å². The number of hydrogen-bond acceptors (Lipinski definition) is 21. The van der Waals surface area contributed by atoms with Crippen molar-refractivity contribution < 1.29 is 88.2 Å². The topological polar surface area (TPSA) is 410 Å². The highest BCUT2D eigenvalue weighted by molar-refractivity contribution is 6.05. The number of fused-ring (bicyclic) bond motifs is 2. The number of piperazine rings is 1. The number of H-pyrrole nitrogens is 2. The zero-order valence-corrected chi connectivity index (χ0v) is 46.0. The molecule has 0 bridgehead atoms. The molecule has 12 atom stereocenters. The number of imidazole rings is 1. The molecule has 27 heteroatoms. The quantitative estimate of drug-likeness (QED) is 0.0325. The molecule has 0 radical (unpaired) electrons. The number of Topliss-reactive ketones (excluding diaryl/α,β-unsaturated/α-hetero) is 3. The number of amides is 3. The Labute approximate surface area is 474 Å². The highest BCUT2D eigenvalue weighted by atomic mass is 19.1. The Morgan fingerprint density at radius 3 is 2.18 bits per heavy atom. The van der Waals surface area contributed by atoms with Gasteiger partial charge in [-0.3, -0.25) is 34.1 Å². The van der Waals surface area contributed by atoms with Gasteiger partial charge in [-0.25, -0.2) is 14.2 Å². The minimum absolute atomic E-state index is 0.0776. The molecule has 2 aliphatic rings. The Balaban J connectivity index is 0.946. The molecule has 5 aromatic rings. The number of nitrogens with one attached hydrogen (secondary N) is 4. The number of aromatic nitrogens is 3. The van der Waals surface area contributed by atoms with Crippen molar-refractivity contribution in [3.05, 3.63) is 88.0 Å². The molecular formula is C56H71FN8O18. The number of aliphatic hydroxyl groups is 8. The van der Waals surface area contributed by atoms with E-state index >= 15 is 4.39 Å². The van der Waals surface area contributed by atoms with Crippen molar-refractivity contribution in [3.63, 3.8) is 0 Å². The van der Waals surface area contributed by atoms with E-state index in [0.29, 0.717) is 22.2 Å². The van der Waals surface area contributed by atoms with Crippen LogP contribution < -0.4 is 26.8 Å². The van der Waals surface area contributed by atoms with E-state index in [4.69, 9.17) is 19.9 Å². The summed E-state index contributed by atoms with van der Waals surface area (Å²) in [6, 6.07) is 14.7. The first-order chi connectivity index (χ1) is 39.4. The first-order valence-corrected chi connectivity index (χ1v) is 27.0. The maximum absolute atomic E-state index is 15.6. The fourth-order valence-corrected chi connectivity index (χ4v) is 9.96. The van der Waals surface area contributed by atoms with E-state index in [0.717, 1.165) is 31.9 Å². The van der Waals surface area contributed by atoms with Crippen LogP contribution in [0, 0.1) is 23.6 Å². The van der Waals surface area contributed by atoms with Gasteiger partial charge < -0.3 is 85.9 Å². The fourth-order valence-electron chi connectivity index (χ4n) is 9.96. The molecule has 0 saturated carbocycles. The highest BCUT2D eigenvalue weighted by Gasteiger charge is 2.48. The average Bonchev–Trinajstić information content (AvgIpc) is 4.12. The number of carbonyl (C=O) groups is 6. The van der Waals surface area contributed by atoms with Gasteiger partial charge in [0.2, 0.25) is 11.8 Å². The summed E-state index contributed by atoms with van der Waals surface area (Å²) in [6.45, 7) is 5.54. The lowest BCUT2D eigenvalue weighted by Crippen LogP contribution is -2.61. The number of ketones is 3. The van der Waals surface area contributed by atoms with Crippen LogP contribution in [0.15, 0.2) is 65.5 Å². The Kier molecular flexibility index (Phi) is 21.4. The number of likely N-dealkylation sites (N-methyl/N-ethyl adjacent to an activating group) is 1. The number of anilines is 2. The second kappa shape index (κ2) is 28.0. The standard InChI is InChI=1S/C56H71FN8O18/c1-26(2)32(22-39(70)46(73)49(76)51(40(71)23-66)83-55-50(77)48(75)47(74)41(24-67)82-55)53(78)59-27(3)37(68)19-30(20-42(58)72)38(69)18-28-8-10-29(11-9-28)25-81-56(80)63-45-43-33(57)6-5-7-35(43)62-54(79)44(45)52-60-34-13-12-31(21-36(34)61-52)65-16-14-64(4)15-17-65/h5-13,21,26-27,30,32,40-41,46-51,55,66-67,71,73-77H,14-20,22-25H2,1-4H3,(H2,58,72)(H,59,78)(H,60,61)(H2,62,63,79,80)/t27?,30?,32?,40-,41-,46+,47+,48+,49+,50-,51+,55+/m1/s1. The number of primary amides is 1. The predicted octanol–water partition coefficient (Wildman–Crippen LogP) is -0.730. The van der Waals surface area contributed by atoms with E-state index in [2.05, 4.69) is 42.4 Å². The van der Waals surface area contributed by atoms with Crippen molar-refractivity contribution >= 4 is 68.6 Å². The van der Waals surface area contributed by atoms with Gasteiger partial charge in [0.25, 0.3) is 5.56 Å². The third-order valence-electron chi connectivity index (χ3n) is 15.0. The van der Waals surface area contributed by atoms with Gasteiger partial charge in [-0.1, -0.05) is 44.2 Å². The summed E-state index contributed by atoms with van der Waals surface area (Å²) < 4.78 is 31.7. The van der Waals surface area contributed by atoms with Gasteiger partial charge in [-0.05, 0) is 61.3 Å². The van der Waals surface area contributed by atoms with Crippen LogP contribution in [0.4, 0.5) is 20.6 Å². The number of pyridine rings is 1. The maximum atomic E-state index is 15.6. The molecule has 2 fully saturated rings. The molecule has 2 saturated heterocycles. The van der Waals surface area contributed by atoms with Crippen LogP contribution in [0.2, 0.25) is 0 Å². The minimum atomic E-state index is -2.40. The van der Waals surface area contributed by atoms with Gasteiger partial charge in [0.1, 0.15) is 78.4 Å². The van der Waals surface area contributed by atoms with E-state index in [-0.39, 0.29) is 41.0 Å². The second-order valence-corrected chi connectivity index (χ2v) is 21.4. The summed E-state index contributed by atoms with van der Waals surface area (Å²) in [4.78, 5) is 109. The van der Waals surface area contributed by atoms with Crippen LogP contribution >= 0.6 is 0 Å². The molecular weight excluding hydrogens is 1090 g/mol. The Hall–Kier alpha value is -7.15. The monoisotopic (exact) mass is 1160 g/mol. The number of benzene rings is 3. The number of rotatable bonds is 26.